The molecule has 2 aromatic rings. The Bertz CT molecular complexity index is 924. The monoisotopic (exact) mass is 387 g/mol. The zero-order valence-electron chi connectivity index (χ0n) is 16.6. The van der Waals surface area contributed by atoms with Gasteiger partial charge >= 0.3 is 0 Å². The summed E-state index contributed by atoms with van der Waals surface area (Å²) in [5, 5.41) is 0.764. The Balaban J connectivity index is 1.65. The molecule has 1 unspecified atom stereocenters. The van der Waals surface area contributed by atoms with Crippen LogP contribution in [0.3, 0.4) is 0 Å². The van der Waals surface area contributed by atoms with Gasteiger partial charge in [-0.1, -0.05) is 26.2 Å². The van der Waals surface area contributed by atoms with Gasteiger partial charge in [-0.05, 0) is 50.5 Å². The van der Waals surface area contributed by atoms with E-state index in [4.69, 9.17) is 4.98 Å². The largest absolute Gasteiger partial charge is 0.341 e. The lowest BCUT2D eigenvalue weighted by atomic mass is 9.89. The number of hydrogen-bond acceptors (Lipinski definition) is 4. The molecule has 146 valence electrons. The first-order chi connectivity index (χ1) is 13.0. The van der Waals surface area contributed by atoms with Gasteiger partial charge in [0.15, 0.2) is 0 Å². The Morgan fingerprint density at radius 2 is 2.00 bits per heavy atom. The van der Waals surface area contributed by atoms with Crippen LogP contribution in [-0.2, 0) is 24.2 Å². The quantitative estimate of drug-likeness (QED) is 0.807. The van der Waals surface area contributed by atoms with E-state index in [1.807, 2.05) is 18.9 Å². The zero-order chi connectivity index (χ0) is 19.1. The lowest BCUT2D eigenvalue weighted by Gasteiger charge is -2.31. The normalized spacial score (nSPS) is 20.6. The minimum absolute atomic E-state index is 0.0194. The lowest BCUT2D eigenvalue weighted by Crippen LogP contribution is -2.42. The van der Waals surface area contributed by atoms with Crippen molar-refractivity contribution in [3.05, 3.63) is 26.6 Å². The Kier molecular flexibility index (Phi) is 5.10. The van der Waals surface area contributed by atoms with Crippen LogP contribution in [0.4, 0.5) is 0 Å². The van der Waals surface area contributed by atoms with Crippen LogP contribution in [0.25, 0.3) is 10.2 Å². The van der Waals surface area contributed by atoms with Crippen LogP contribution < -0.4 is 5.56 Å². The summed E-state index contributed by atoms with van der Waals surface area (Å²) in [5.74, 6) is 1.33. The fraction of sp³-hybridized carbons (Fsp3) is 0.667. The topological polar surface area (TPSA) is 55.2 Å². The first-order valence-corrected chi connectivity index (χ1v) is 11.0. The number of thiophene rings is 1. The molecule has 2 heterocycles. The van der Waals surface area contributed by atoms with Crippen LogP contribution in [0, 0.1) is 12.8 Å². The number of fused-ring (bicyclic) bond motifs is 3. The predicted octanol–water partition coefficient (Wildman–Crippen LogP) is 3.68. The molecule has 1 amide bonds. The van der Waals surface area contributed by atoms with Gasteiger partial charge in [0, 0.05) is 18.0 Å². The number of rotatable bonds is 3. The minimum Gasteiger partial charge on any atom is -0.341 e. The van der Waals surface area contributed by atoms with E-state index in [-0.39, 0.29) is 18.0 Å². The molecule has 0 aliphatic heterocycles. The summed E-state index contributed by atoms with van der Waals surface area (Å²) in [6, 6.07) is 0.314. The Labute approximate surface area is 164 Å². The van der Waals surface area contributed by atoms with Crippen LogP contribution in [0.15, 0.2) is 4.79 Å². The Morgan fingerprint density at radius 3 is 2.74 bits per heavy atom. The third kappa shape index (κ3) is 3.44. The van der Waals surface area contributed by atoms with E-state index in [2.05, 4.69) is 6.92 Å². The van der Waals surface area contributed by atoms with Crippen molar-refractivity contribution in [1.82, 2.24) is 14.5 Å². The summed E-state index contributed by atoms with van der Waals surface area (Å²) in [5.41, 5.74) is 1.15. The molecular weight excluding hydrogens is 358 g/mol. The second-order valence-corrected chi connectivity index (χ2v) is 9.46. The predicted molar refractivity (Wildman–Crippen MR) is 109 cm³/mol. The minimum atomic E-state index is -0.0325. The summed E-state index contributed by atoms with van der Waals surface area (Å²) in [6.45, 7) is 4.21. The maximum Gasteiger partial charge on any atom is 0.263 e. The van der Waals surface area contributed by atoms with Gasteiger partial charge in [-0.2, -0.15) is 0 Å². The number of aryl methyl sites for hydroxylation is 2. The number of hydrogen-bond donors (Lipinski definition) is 0. The molecule has 0 saturated heterocycles. The van der Waals surface area contributed by atoms with E-state index in [1.165, 1.54) is 29.7 Å². The van der Waals surface area contributed by atoms with Crippen molar-refractivity contribution >= 4 is 27.5 Å². The maximum atomic E-state index is 13.3. The van der Waals surface area contributed by atoms with Crippen LogP contribution in [0.1, 0.15) is 61.7 Å². The fourth-order valence-electron chi connectivity index (χ4n) is 4.63. The second-order valence-electron chi connectivity index (χ2n) is 8.38. The molecule has 2 aromatic heterocycles. The van der Waals surface area contributed by atoms with Gasteiger partial charge in [0.1, 0.15) is 17.2 Å². The Hall–Kier alpha value is -1.69. The van der Waals surface area contributed by atoms with Crippen LogP contribution in [0.2, 0.25) is 0 Å². The van der Waals surface area contributed by atoms with Crippen molar-refractivity contribution in [1.29, 1.82) is 0 Å². The first-order valence-electron chi connectivity index (χ1n) is 10.2. The molecule has 5 nitrogen and oxygen atoms in total. The van der Waals surface area contributed by atoms with Crippen molar-refractivity contribution in [3.63, 3.8) is 0 Å². The molecule has 0 radical (unpaired) electrons. The number of aromatic nitrogens is 2. The highest BCUT2D eigenvalue weighted by molar-refractivity contribution is 7.18. The number of carbonyl (C=O) groups is 1. The molecule has 0 N–H and O–H groups in total. The molecule has 0 aromatic carbocycles. The smallest absolute Gasteiger partial charge is 0.263 e. The van der Waals surface area contributed by atoms with Crippen LogP contribution >= 0.6 is 11.3 Å². The molecule has 0 spiro atoms. The first kappa shape index (κ1) is 18.7. The van der Waals surface area contributed by atoms with Crippen LogP contribution in [0.5, 0.6) is 0 Å². The molecule has 1 saturated carbocycles. The zero-order valence-corrected chi connectivity index (χ0v) is 17.4. The van der Waals surface area contributed by atoms with Gasteiger partial charge in [-0.15, -0.1) is 11.3 Å². The number of likely N-dealkylation sites (N-methyl/N-ethyl adjacent to an activating group) is 1. The van der Waals surface area contributed by atoms with Crippen molar-refractivity contribution in [2.24, 2.45) is 5.92 Å². The lowest BCUT2D eigenvalue weighted by molar-refractivity contribution is -0.133. The van der Waals surface area contributed by atoms with Gasteiger partial charge in [-0.25, -0.2) is 4.98 Å². The highest BCUT2D eigenvalue weighted by Gasteiger charge is 2.26. The molecule has 4 rings (SSSR count). The highest BCUT2D eigenvalue weighted by atomic mass is 32.1. The molecule has 27 heavy (non-hydrogen) atoms. The molecule has 6 heteroatoms. The molecule has 1 atom stereocenters. The van der Waals surface area contributed by atoms with Gasteiger partial charge in [0.05, 0.1) is 5.39 Å². The molecule has 2 aliphatic rings. The third-order valence-corrected chi connectivity index (χ3v) is 7.56. The molecule has 0 bridgehead atoms. The maximum absolute atomic E-state index is 13.3. The summed E-state index contributed by atoms with van der Waals surface area (Å²) >= 11 is 1.67. The van der Waals surface area contributed by atoms with Crippen LogP contribution in [-0.4, -0.2) is 33.4 Å². The second kappa shape index (κ2) is 7.38. The van der Waals surface area contributed by atoms with E-state index < -0.39 is 0 Å². The summed E-state index contributed by atoms with van der Waals surface area (Å²) < 4.78 is 1.59. The van der Waals surface area contributed by atoms with Crippen molar-refractivity contribution in [2.45, 2.75) is 77.8 Å². The highest BCUT2D eigenvalue weighted by Crippen LogP contribution is 2.35. The fourth-order valence-corrected chi connectivity index (χ4v) is 6.05. The van der Waals surface area contributed by atoms with E-state index in [0.717, 1.165) is 42.3 Å². The average molecular weight is 388 g/mol. The van der Waals surface area contributed by atoms with Gasteiger partial charge < -0.3 is 4.90 Å². The SMILES string of the molecule is Cc1nc2sc3c(c2c(=O)n1CC(=O)N(C)C1CCCCC1)CCC(C)C3. The standard InChI is InChI=1S/C21H29N3O2S/c1-13-9-10-16-17(11-13)27-20-19(16)21(26)24(14(2)22-20)12-18(25)23(3)15-7-5-4-6-8-15/h13,15H,4-12H2,1-3H3. The van der Waals surface area contributed by atoms with Crippen molar-refractivity contribution in [3.8, 4) is 0 Å². The van der Waals surface area contributed by atoms with Gasteiger partial charge in [0.2, 0.25) is 5.91 Å². The summed E-state index contributed by atoms with van der Waals surface area (Å²) in [7, 11) is 1.89. The van der Waals surface area contributed by atoms with E-state index in [0.29, 0.717) is 17.8 Å². The number of nitrogens with zero attached hydrogens (tertiary/aromatic N) is 3. The van der Waals surface area contributed by atoms with Gasteiger partial charge in [-0.3, -0.25) is 14.2 Å². The van der Waals surface area contributed by atoms with E-state index in [1.54, 1.807) is 15.9 Å². The summed E-state index contributed by atoms with van der Waals surface area (Å²) in [4.78, 5) is 34.8. The molecular formula is C21H29N3O2S. The van der Waals surface area contributed by atoms with Crippen molar-refractivity contribution < 1.29 is 4.79 Å². The number of amides is 1. The molecule has 2 aliphatic carbocycles. The van der Waals surface area contributed by atoms with Crippen molar-refractivity contribution in [2.75, 3.05) is 7.05 Å². The van der Waals surface area contributed by atoms with E-state index >= 15 is 0 Å². The number of carbonyl (C=O) groups excluding carboxylic acids is 1. The van der Waals surface area contributed by atoms with Gasteiger partial charge in [0.25, 0.3) is 5.56 Å². The third-order valence-electron chi connectivity index (χ3n) is 6.42. The average Bonchev–Trinajstić information content (AvgIpc) is 3.02. The van der Waals surface area contributed by atoms with E-state index in [9.17, 15) is 9.59 Å². The Morgan fingerprint density at radius 1 is 1.26 bits per heavy atom. The molecule has 1 fully saturated rings. The summed E-state index contributed by atoms with van der Waals surface area (Å²) in [6.07, 6.45) is 8.90.